The molecule has 0 bridgehead atoms. The van der Waals surface area contributed by atoms with Gasteiger partial charge >= 0.3 is 0 Å². The van der Waals surface area contributed by atoms with Crippen molar-refractivity contribution >= 4 is 17.6 Å². The average molecular weight is 232 g/mol. The first-order chi connectivity index (χ1) is 7.83. The SMILES string of the molecule is CSc1cc(NN)nc(-c2ccccc2)n1. The maximum absolute atomic E-state index is 5.37. The Balaban J connectivity index is 2.48. The van der Waals surface area contributed by atoms with Gasteiger partial charge in [-0.25, -0.2) is 15.8 Å². The highest BCUT2D eigenvalue weighted by Gasteiger charge is 2.05. The zero-order chi connectivity index (χ0) is 11.4. The summed E-state index contributed by atoms with van der Waals surface area (Å²) in [6.45, 7) is 0. The van der Waals surface area contributed by atoms with Crippen molar-refractivity contribution in [2.45, 2.75) is 5.03 Å². The molecule has 0 aliphatic heterocycles. The summed E-state index contributed by atoms with van der Waals surface area (Å²) in [5.41, 5.74) is 3.53. The van der Waals surface area contributed by atoms with Gasteiger partial charge in [-0.3, -0.25) is 0 Å². The van der Waals surface area contributed by atoms with Crippen molar-refractivity contribution in [2.24, 2.45) is 5.84 Å². The van der Waals surface area contributed by atoms with E-state index in [-0.39, 0.29) is 0 Å². The van der Waals surface area contributed by atoms with Gasteiger partial charge in [-0.2, -0.15) is 0 Å². The second-order valence-corrected chi connectivity index (χ2v) is 3.96. The van der Waals surface area contributed by atoms with Crippen LogP contribution in [0.15, 0.2) is 41.4 Å². The number of anilines is 1. The molecule has 0 saturated heterocycles. The molecule has 0 amide bonds. The van der Waals surface area contributed by atoms with Gasteiger partial charge < -0.3 is 5.43 Å². The summed E-state index contributed by atoms with van der Waals surface area (Å²) in [6.07, 6.45) is 1.97. The van der Waals surface area contributed by atoms with E-state index in [2.05, 4.69) is 15.4 Å². The van der Waals surface area contributed by atoms with Crippen molar-refractivity contribution in [1.29, 1.82) is 0 Å². The Kier molecular flexibility index (Phi) is 3.38. The molecule has 0 fully saturated rings. The van der Waals surface area contributed by atoms with E-state index < -0.39 is 0 Å². The molecule has 4 nitrogen and oxygen atoms in total. The summed E-state index contributed by atoms with van der Waals surface area (Å²) in [5.74, 6) is 6.68. The Hall–Kier alpha value is -1.59. The molecule has 0 aliphatic carbocycles. The first-order valence-corrected chi connectivity index (χ1v) is 6.01. The lowest BCUT2D eigenvalue weighted by Gasteiger charge is -2.05. The van der Waals surface area contributed by atoms with Gasteiger partial charge in [0.25, 0.3) is 0 Å². The lowest BCUT2D eigenvalue weighted by Crippen LogP contribution is -2.09. The molecule has 82 valence electrons. The third-order valence-corrected chi connectivity index (χ3v) is 2.72. The predicted molar refractivity (Wildman–Crippen MR) is 67.1 cm³/mol. The number of rotatable bonds is 3. The van der Waals surface area contributed by atoms with E-state index >= 15 is 0 Å². The van der Waals surface area contributed by atoms with Gasteiger partial charge in [-0.1, -0.05) is 30.3 Å². The lowest BCUT2D eigenvalue weighted by atomic mass is 10.2. The van der Waals surface area contributed by atoms with Crippen LogP contribution in [-0.2, 0) is 0 Å². The number of nitrogen functional groups attached to an aromatic ring is 1. The molecule has 0 unspecified atom stereocenters. The molecule has 0 spiro atoms. The van der Waals surface area contributed by atoms with Gasteiger partial charge in [0.2, 0.25) is 0 Å². The van der Waals surface area contributed by atoms with Gasteiger partial charge in [0, 0.05) is 11.6 Å². The van der Waals surface area contributed by atoms with Crippen molar-refractivity contribution < 1.29 is 0 Å². The zero-order valence-electron chi connectivity index (χ0n) is 8.84. The molecule has 0 aliphatic rings. The molecule has 2 rings (SSSR count). The highest BCUT2D eigenvalue weighted by molar-refractivity contribution is 7.98. The summed E-state index contributed by atoms with van der Waals surface area (Å²) in [7, 11) is 0. The van der Waals surface area contributed by atoms with E-state index in [1.165, 1.54) is 0 Å². The highest BCUT2D eigenvalue weighted by Crippen LogP contribution is 2.21. The van der Waals surface area contributed by atoms with E-state index in [1.807, 2.05) is 42.7 Å². The van der Waals surface area contributed by atoms with Crippen LogP contribution in [0.2, 0.25) is 0 Å². The topological polar surface area (TPSA) is 63.8 Å². The molecule has 2 aromatic rings. The van der Waals surface area contributed by atoms with Crippen LogP contribution in [0.4, 0.5) is 5.82 Å². The molecule has 5 heteroatoms. The Morgan fingerprint density at radius 1 is 1.19 bits per heavy atom. The average Bonchev–Trinajstić information content (AvgIpc) is 2.39. The third kappa shape index (κ3) is 2.32. The lowest BCUT2D eigenvalue weighted by molar-refractivity contribution is 1.05. The third-order valence-electron chi connectivity index (χ3n) is 2.09. The quantitative estimate of drug-likeness (QED) is 0.367. The molecule has 1 aromatic heterocycles. The van der Waals surface area contributed by atoms with E-state index in [4.69, 9.17) is 5.84 Å². The molecule has 0 saturated carbocycles. The van der Waals surface area contributed by atoms with Crippen molar-refractivity contribution in [1.82, 2.24) is 9.97 Å². The minimum atomic E-state index is 0.623. The fourth-order valence-corrected chi connectivity index (χ4v) is 1.73. The number of hydrogen-bond acceptors (Lipinski definition) is 5. The highest BCUT2D eigenvalue weighted by atomic mass is 32.2. The number of hydrogen-bond donors (Lipinski definition) is 2. The molecule has 16 heavy (non-hydrogen) atoms. The number of nitrogens with zero attached hydrogens (tertiary/aromatic N) is 2. The molecule has 0 radical (unpaired) electrons. The number of thioether (sulfide) groups is 1. The fraction of sp³-hybridized carbons (Fsp3) is 0.0909. The molecule has 0 atom stereocenters. The van der Waals surface area contributed by atoms with E-state index in [1.54, 1.807) is 11.8 Å². The monoisotopic (exact) mass is 232 g/mol. The predicted octanol–water partition coefficient (Wildman–Crippen LogP) is 2.15. The van der Waals surface area contributed by atoms with Gasteiger partial charge in [0.15, 0.2) is 5.82 Å². The van der Waals surface area contributed by atoms with E-state index in [0.717, 1.165) is 10.6 Å². The van der Waals surface area contributed by atoms with Gasteiger partial charge in [-0.15, -0.1) is 11.8 Å². The van der Waals surface area contributed by atoms with Gasteiger partial charge in [0.05, 0.1) is 0 Å². The maximum atomic E-state index is 5.37. The smallest absolute Gasteiger partial charge is 0.162 e. The Bertz CT molecular complexity index is 450. The zero-order valence-corrected chi connectivity index (χ0v) is 9.66. The van der Waals surface area contributed by atoms with Crippen LogP contribution >= 0.6 is 11.8 Å². The van der Waals surface area contributed by atoms with Crippen LogP contribution < -0.4 is 11.3 Å². The van der Waals surface area contributed by atoms with E-state index in [0.29, 0.717) is 11.6 Å². The normalized spacial score (nSPS) is 10.1. The fourth-order valence-electron chi connectivity index (χ4n) is 1.32. The Morgan fingerprint density at radius 3 is 2.56 bits per heavy atom. The number of nitrogens with two attached hydrogens (primary N) is 1. The van der Waals surface area contributed by atoms with Crippen molar-refractivity contribution in [2.75, 3.05) is 11.7 Å². The van der Waals surface area contributed by atoms with Crippen LogP contribution in [0.5, 0.6) is 0 Å². The Morgan fingerprint density at radius 2 is 1.94 bits per heavy atom. The van der Waals surface area contributed by atoms with Crippen LogP contribution in [0.1, 0.15) is 0 Å². The Labute approximate surface area is 98.3 Å². The van der Waals surface area contributed by atoms with Crippen molar-refractivity contribution in [3.05, 3.63) is 36.4 Å². The molecule has 1 heterocycles. The first kappa shape index (κ1) is 10.9. The molecule has 3 N–H and O–H groups in total. The number of benzene rings is 1. The second kappa shape index (κ2) is 4.96. The van der Waals surface area contributed by atoms with Gasteiger partial charge in [-0.05, 0) is 6.26 Å². The summed E-state index contributed by atoms with van der Waals surface area (Å²) >= 11 is 1.56. The van der Waals surface area contributed by atoms with Crippen LogP contribution in [0.25, 0.3) is 11.4 Å². The molecular formula is C11H12N4S. The number of nitrogens with one attached hydrogen (secondary N) is 1. The standard InChI is InChI=1S/C11H12N4S/c1-16-10-7-9(15-12)13-11(14-10)8-5-3-2-4-6-8/h2-7H,12H2,1H3,(H,13,14,15). The van der Waals surface area contributed by atoms with Crippen LogP contribution in [0.3, 0.4) is 0 Å². The summed E-state index contributed by atoms with van der Waals surface area (Å²) in [6, 6.07) is 11.6. The molecule has 1 aromatic carbocycles. The van der Waals surface area contributed by atoms with Crippen molar-refractivity contribution in [3.8, 4) is 11.4 Å². The van der Waals surface area contributed by atoms with E-state index in [9.17, 15) is 0 Å². The number of aromatic nitrogens is 2. The maximum Gasteiger partial charge on any atom is 0.162 e. The minimum Gasteiger partial charge on any atom is -0.308 e. The van der Waals surface area contributed by atoms with Crippen LogP contribution in [0, 0.1) is 0 Å². The van der Waals surface area contributed by atoms with Crippen molar-refractivity contribution in [3.63, 3.8) is 0 Å². The summed E-state index contributed by atoms with van der Waals surface area (Å²) < 4.78 is 0. The summed E-state index contributed by atoms with van der Waals surface area (Å²) in [4.78, 5) is 8.74. The minimum absolute atomic E-state index is 0.623. The number of hydrazine groups is 1. The second-order valence-electron chi connectivity index (χ2n) is 3.13. The summed E-state index contributed by atoms with van der Waals surface area (Å²) in [5, 5.41) is 0.891. The largest absolute Gasteiger partial charge is 0.308 e. The molecular weight excluding hydrogens is 220 g/mol. The first-order valence-electron chi connectivity index (χ1n) is 4.78. The van der Waals surface area contributed by atoms with Gasteiger partial charge in [0.1, 0.15) is 10.8 Å². The van der Waals surface area contributed by atoms with Crippen LogP contribution in [-0.4, -0.2) is 16.2 Å².